The number of methoxy groups -OCH3 is 1. The molecule has 1 fully saturated rings. The Balaban J connectivity index is 3.07. The Kier molecular flexibility index (Phi) is 8.76. The second kappa shape index (κ2) is 10.1. The molecular weight excluding hydrogens is 362 g/mol. The molecule has 0 N–H and O–H groups in total. The van der Waals surface area contributed by atoms with Gasteiger partial charge in [-0.1, -0.05) is 32.1 Å². The molecule has 1 aliphatic rings. The van der Waals surface area contributed by atoms with E-state index in [0.717, 1.165) is 25.7 Å². The lowest BCUT2D eigenvalue weighted by atomic mass is 9.84. The van der Waals surface area contributed by atoms with Gasteiger partial charge in [0.25, 0.3) is 0 Å². The van der Waals surface area contributed by atoms with E-state index in [0.29, 0.717) is 12.3 Å². The van der Waals surface area contributed by atoms with Gasteiger partial charge in [0.05, 0.1) is 7.11 Å². The number of nitrogens with zero attached hydrogens (tertiary/aromatic N) is 1. The smallest absolute Gasteiger partial charge is 0.411 e. The van der Waals surface area contributed by atoms with Gasteiger partial charge in [0.15, 0.2) is 0 Å². The summed E-state index contributed by atoms with van der Waals surface area (Å²) in [7, 11) is 1.29. The minimum Gasteiger partial charge on any atom is -0.467 e. The molecule has 7 nitrogen and oxygen atoms in total. The molecular formula is C21H37NO6. The molecule has 0 spiro atoms. The minimum atomic E-state index is -0.879. The Labute approximate surface area is 169 Å². The first-order valence-corrected chi connectivity index (χ1v) is 10.1. The van der Waals surface area contributed by atoms with Crippen molar-refractivity contribution in [2.45, 2.75) is 97.3 Å². The number of carbonyl (C=O) groups excluding carboxylic acids is 3. The van der Waals surface area contributed by atoms with Gasteiger partial charge in [0.2, 0.25) is 0 Å². The maximum absolute atomic E-state index is 12.9. The van der Waals surface area contributed by atoms with E-state index in [4.69, 9.17) is 14.2 Å². The predicted molar refractivity (Wildman–Crippen MR) is 106 cm³/mol. The van der Waals surface area contributed by atoms with Crippen molar-refractivity contribution in [1.82, 2.24) is 4.90 Å². The number of esters is 2. The maximum Gasteiger partial charge on any atom is 0.411 e. The van der Waals surface area contributed by atoms with Gasteiger partial charge in [0.1, 0.15) is 23.8 Å². The van der Waals surface area contributed by atoms with Crippen LogP contribution in [0.25, 0.3) is 0 Å². The third-order valence-corrected chi connectivity index (χ3v) is 4.48. The van der Waals surface area contributed by atoms with Crippen LogP contribution >= 0.6 is 0 Å². The Bertz CT molecular complexity index is 540. The zero-order valence-corrected chi connectivity index (χ0v) is 18.5. The number of ether oxygens (including phenoxy) is 3. The quantitative estimate of drug-likeness (QED) is 0.494. The van der Waals surface area contributed by atoms with Crippen LogP contribution < -0.4 is 0 Å². The third-order valence-electron chi connectivity index (χ3n) is 4.48. The van der Waals surface area contributed by atoms with Gasteiger partial charge in [-0.25, -0.2) is 9.59 Å². The van der Waals surface area contributed by atoms with Crippen LogP contribution in [0.3, 0.4) is 0 Å². The second-order valence-corrected chi connectivity index (χ2v) is 9.47. The average Bonchev–Trinajstić information content (AvgIpc) is 2.55. The standard InChI is InChI=1S/C21H37NO6/c1-20(2,3)27-17(23)14-22(19(25)28-21(4,5)6)16(18(24)26-7)13-15-11-9-8-10-12-15/h15-16H,8-14H2,1-7H3/t16-/m1/s1. The van der Waals surface area contributed by atoms with Crippen molar-refractivity contribution in [3.05, 3.63) is 0 Å². The Morgan fingerprint density at radius 1 is 0.929 bits per heavy atom. The Morgan fingerprint density at radius 3 is 1.93 bits per heavy atom. The van der Waals surface area contributed by atoms with Crippen molar-refractivity contribution in [2.75, 3.05) is 13.7 Å². The molecule has 0 unspecified atom stereocenters. The number of hydrogen-bond acceptors (Lipinski definition) is 6. The van der Waals surface area contributed by atoms with E-state index >= 15 is 0 Å². The molecule has 0 aromatic rings. The summed E-state index contributed by atoms with van der Waals surface area (Å²) < 4.78 is 15.8. The number of rotatable bonds is 6. The molecule has 0 bridgehead atoms. The van der Waals surface area contributed by atoms with E-state index in [2.05, 4.69) is 0 Å². The van der Waals surface area contributed by atoms with Crippen LogP contribution in [-0.2, 0) is 23.8 Å². The molecule has 162 valence electrons. The van der Waals surface area contributed by atoms with Gasteiger partial charge < -0.3 is 14.2 Å². The van der Waals surface area contributed by atoms with E-state index in [1.807, 2.05) is 0 Å². The highest BCUT2D eigenvalue weighted by molar-refractivity contribution is 5.85. The van der Waals surface area contributed by atoms with Crippen LogP contribution in [0.5, 0.6) is 0 Å². The van der Waals surface area contributed by atoms with Crippen LogP contribution in [-0.4, -0.2) is 53.8 Å². The molecule has 1 aliphatic carbocycles. The van der Waals surface area contributed by atoms with Crippen molar-refractivity contribution in [3.8, 4) is 0 Å². The van der Waals surface area contributed by atoms with Gasteiger partial charge in [-0.15, -0.1) is 0 Å². The third kappa shape index (κ3) is 8.93. The summed E-state index contributed by atoms with van der Waals surface area (Å²) in [6, 6.07) is -0.879. The molecule has 0 aromatic carbocycles. The predicted octanol–water partition coefficient (Wildman–Crippen LogP) is 4.08. The second-order valence-electron chi connectivity index (χ2n) is 9.47. The van der Waals surface area contributed by atoms with E-state index < -0.39 is 35.3 Å². The van der Waals surface area contributed by atoms with Crippen LogP contribution in [0.2, 0.25) is 0 Å². The number of amides is 1. The SMILES string of the molecule is COC(=O)[C@@H](CC1CCCCC1)N(CC(=O)OC(C)(C)C)C(=O)OC(C)(C)C. The van der Waals surface area contributed by atoms with Gasteiger partial charge in [-0.2, -0.15) is 0 Å². The maximum atomic E-state index is 12.9. The highest BCUT2D eigenvalue weighted by atomic mass is 16.6. The summed E-state index contributed by atoms with van der Waals surface area (Å²) in [6.07, 6.45) is 5.14. The lowest BCUT2D eigenvalue weighted by Crippen LogP contribution is -2.51. The molecule has 1 amide bonds. The van der Waals surface area contributed by atoms with Crippen LogP contribution in [0.1, 0.15) is 80.1 Å². The normalized spacial score (nSPS) is 16.8. The van der Waals surface area contributed by atoms with Gasteiger partial charge in [-0.3, -0.25) is 9.69 Å². The van der Waals surface area contributed by atoms with Crippen molar-refractivity contribution < 1.29 is 28.6 Å². The molecule has 28 heavy (non-hydrogen) atoms. The molecule has 1 rings (SSSR count). The first-order chi connectivity index (χ1) is 12.8. The summed E-state index contributed by atoms with van der Waals surface area (Å²) in [5.41, 5.74) is -1.45. The highest BCUT2D eigenvalue weighted by Crippen LogP contribution is 2.29. The van der Waals surface area contributed by atoms with Gasteiger partial charge in [-0.05, 0) is 53.9 Å². The molecule has 0 aliphatic heterocycles. The summed E-state index contributed by atoms with van der Waals surface area (Å²) >= 11 is 0. The molecule has 0 saturated heterocycles. The molecule has 1 atom stereocenters. The molecule has 0 radical (unpaired) electrons. The fraction of sp³-hybridized carbons (Fsp3) is 0.857. The zero-order valence-electron chi connectivity index (χ0n) is 18.5. The number of hydrogen-bond donors (Lipinski definition) is 0. The minimum absolute atomic E-state index is 0.307. The number of carbonyl (C=O) groups is 3. The zero-order chi connectivity index (χ0) is 21.5. The van der Waals surface area contributed by atoms with Gasteiger partial charge >= 0.3 is 18.0 Å². The first-order valence-electron chi connectivity index (χ1n) is 10.1. The lowest BCUT2D eigenvalue weighted by molar-refractivity contribution is -0.158. The van der Waals surface area contributed by atoms with Crippen molar-refractivity contribution >= 4 is 18.0 Å². The van der Waals surface area contributed by atoms with E-state index in [1.54, 1.807) is 41.5 Å². The average molecular weight is 400 g/mol. The van der Waals surface area contributed by atoms with E-state index in [-0.39, 0.29) is 6.54 Å². The van der Waals surface area contributed by atoms with Gasteiger partial charge in [0, 0.05) is 0 Å². The lowest BCUT2D eigenvalue weighted by Gasteiger charge is -2.34. The Hall–Kier alpha value is -1.79. The van der Waals surface area contributed by atoms with Crippen LogP contribution in [0.15, 0.2) is 0 Å². The molecule has 1 saturated carbocycles. The first kappa shape index (κ1) is 24.2. The van der Waals surface area contributed by atoms with E-state index in [9.17, 15) is 14.4 Å². The van der Waals surface area contributed by atoms with E-state index in [1.165, 1.54) is 18.4 Å². The van der Waals surface area contributed by atoms with Crippen molar-refractivity contribution in [1.29, 1.82) is 0 Å². The summed E-state index contributed by atoms with van der Waals surface area (Å²) in [5.74, 6) is -0.822. The summed E-state index contributed by atoms with van der Waals surface area (Å²) in [6.45, 7) is 10.1. The molecule has 7 heteroatoms. The van der Waals surface area contributed by atoms with Crippen molar-refractivity contribution in [3.63, 3.8) is 0 Å². The monoisotopic (exact) mass is 399 g/mol. The Morgan fingerprint density at radius 2 is 1.46 bits per heavy atom. The largest absolute Gasteiger partial charge is 0.467 e. The van der Waals surface area contributed by atoms with Crippen LogP contribution in [0, 0.1) is 5.92 Å². The highest BCUT2D eigenvalue weighted by Gasteiger charge is 2.37. The topological polar surface area (TPSA) is 82.1 Å². The molecule has 0 aromatic heterocycles. The fourth-order valence-electron chi connectivity index (χ4n) is 3.36. The van der Waals surface area contributed by atoms with Crippen LogP contribution in [0.4, 0.5) is 4.79 Å². The summed E-state index contributed by atoms with van der Waals surface area (Å²) in [4.78, 5) is 39.0. The molecule has 0 heterocycles. The fourth-order valence-corrected chi connectivity index (χ4v) is 3.36. The van der Waals surface area contributed by atoms with Crippen molar-refractivity contribution in [2.24, 2.45) is 5.92 Å². The summed E-state index contributed by atoms with van der Waals surface area (Å²) in [5, 5.41) is 0.